The van der Waals surface area contributed by atoms with Gasteiger partial charge in [-0.3, -0.25) is 14.1 Å². The molecule has 1 amide bonds. The number of fused-ring (bicyclic) bond motifs is 1. The van der Waals surface area contributed by atoms with Crippen molar-refractivity contribution in [1.29, 1.82) is 0 Å². The molecular formula is C24H27ClN4O4. The van der Waals surface area contributed by atoms with Crippen LogP contribution < -0.4 is 14.5 Å². The molecule has 9 heteroatoms. The first kappa shape index (κ1) is 23.1. The highest BCUT2D eigenvalue weighted by molar-refractivity contribution is 6.28. The van der Waals surface area contributed by atoms with Gasteiger partial charge in [0.05, 0.1) is 18.5 Å². The van der Waals surface area contributed by atoms with E-state index in [1.54, 1.807) is 30.4 Å². The number of rotatable bonds is 1. The minimum Gasteiger partial charge on any atom is -0.490 e. The van der Waals surface area contributed by atoms with E-state index in [0.29, 0.717) is 36.6 Å². The fourth-order valence-electron chi connectivity index (χ4n) is 4.04. The lowest BCUT2D eigenvalue weighted by atomic mass is 9.94. The van der Waals surface area contributed by atoms with Crippen LogP contribution in [0, 0.1) is 0 Å². The van der Waals surface area contributed by atoms with Crippen LogP contribution in [-0.2, 0) is 9.63 Å². The Hall–Kier alpha value is -3.07. The van der Waals surface area contributed by atoms with Gasteiger partial charge in [-0.15, -0.1) is 0 Å². The van der Waals surface area contributed by atoms with Crippen molar-refractivity contribution in [1.82, 2.24) is 10.4 Å². The molecule has 1 atom stereocenters. The van der Waals surface area contributed by atoms with Crippen molar-refractivity contribution < 1.29 is 19.5 Å². The number of carbonyl (C=O) groups is 1. The molecule has 0 aromatic heterocycles. The van der Waals surface area contributed by atoms with Crippen LogP contribution >= 0.6 is 11.8 Å². The third-order valence-electron chi connectivity index (χ3n) is 5.59. The van der Waals surface area contributed by atoms with Crippen molar-refractivity contribution in [2.75, 3.05) is 24.8 Å². The first-order valence-electron chi connectivity index (χ1n) is 10.9. The molecule has 3 aliphatic rings. The van der Waals surface area contributed by atoms with E-state index < -0.39 is 6.23 Å². The van der Waals surface area contributed by atoms with Crippen LogP contribution in [0.2, 0.25) is 0 Å². The lowest BCUT2D eigenvalue weighted by Gasteiger charge is -2.35. The Labute approximate surface area is 198 Å². The number of halogens is 1. The zero-order valence-corrected chi connectivity index (χ0v) is 19.2. The molecular weight excluding hydrogens is 444 g/mol. The van der Waals surface area contributed by atoms with Crippen molar-refractivity contribution in [3.05, 3.63) is 71.5 Å². The smallest absolute Gasteiger partial charge is 0.246 e. The van der Waals surface area contributed by atoms with Gasteiger partial charge in [0.25, 0.3) is 0 Å². The number of carbonyl (C=O) groups excluding carboxylic acids is 1. The number of anilines is 1. The van der Waals surface area contributed by atoms with Gasteiger partial charge in [0, 0.05) is 29.0 Å². The van der Waals surface area contributed by atoms with E-state index in [9.17, 15) is 9.90 Å². The molecule has 2 bridgehead atoms. The van der Waals surface area contributed by atoms with Crippen molar-refractivity contribution in [2.24, 2.45) is 4.99 Å². The molecule has 33 heavy (non-hydrogen) atoms. The summed E-state index contributed by atoms with van der Waals surface area (Å²) >= 11 is 6.40. The maximum Gasteiger partial charge on any atom is 0.246 e. The van der Waals surface area contributed by atoms with Gasteiger partial charge in [0.15, 0.2) is 12.1 Å². The summed E-state index contributed by atoms with van der Waals surface area (Å²) in [4.78, 5) is 22.7. The molecule has 2 heterocycles. The van der Waals surface area contributed by atoms with E-state index in [1.807, 2.05) is 30.4 Å². The summed E-state index contributed by atoms with van der Waals surface area (Å²) < 4.78 is 7.41. The Morgan fingerprint density at radius 1 is 1.21 bits per heavy atom. The van der Waals surface area contributed by atoms with Gasteiger partial charge in [-0.1, -0.05) is 24.3 Å². The second kappa shape index (κ2) is 10.7. The number of hydrogen-bond donors (Lipinski definition) is 2. The van der Waals surface area contributed by atoms with Crippen LogP contribution in [0.25, 0.3) is 0 Å². The average Bonchev–Trinajstić information content (AvgIpc) is 2.82. The SMILES string of the molecule is CON1C2=NCN(Cl)c3ccc(cc32)OC/C=C/C=C\C=C\C(=O)NC(O)C2=C1CCCC2. The molecule has 4 rings (SSSR count). The molecule has 1 aromatic carbocycles. The summed E-state index contributed by atoms with van der Waals surface area (Å²) in [5, 5.41) is 15.1. The van der Waals surface area contributed by atoms with E-state index in [4.69, 9.17) is 21.4 Å². The van der Waals surface area contributed by atoms with Crippen LogP contribution in [0.4, 0.5) is 5.69 Å². The molecule has 2 N–H and O–H groups in total. The minimum atomic E-state index is -1.14. The van der Waals surface area contributed by atoms with Crippen LogP contribution in [0.15, 0.2) is 70.9 Å². The van der Waals surface area contributed by atoms with Crippen molar-refractivity contribution in [2.45, 2.75) is 31.9 Å². The molecule has 174 valence electrons. The van der Waals surface area contributed by atoms with E-state index in [0.717, 1.165) is 29.8 Å². The number of ether oxygens (including phenoxy) is 1. The predicted molar refractivity (Wildman–Crippen MR) is 128 cm³/mol. The topological polar surface area (TPSA) is 86.6 Å². The lowest BCUT2D eigenvalue weighted by molar-refractivity contribution is -0.118. The number of amides is 1. The molecule has 2 aliphatic heterocycles. The lowest BCUT2D eigenvalue weighted by Crippen LogP contribution is -2.41. The third-order valence-corrected chi connectivity index (χ3v) is 5.88. The van der Waals surface area contributed by atoms with Crippen molar-refractivity contribution in [3.63, 3.8) is 0 Å². The normalized spacial score (nSPS) is 24.5. The number of allylic oxidation sites excluding steroid dienone is 5. The van der Waals surface area contributed by atoms with Crippen molar-refractivity contribution in [3.8, 4) is 5.75 Å². The standard InChI is InChI=1S/C24H27ClN4O4/c1-32-29-21-10-7-6-9-18(21)24(31)27-22(30)11-5-3-2-4-8-14-33-17-12-13-20-19(15-17)23(29)26-16-28(20)25/h2-5,8,11-13,15,24,31H,6-7,9-10,14,16H2,1H3,(H,27,30)/b3-2-,8-4+,11-5+. The molecule has 0 radical (unpaired) electrons. The first-order valence-corrected chi connectivity index (χ1v) is 11.2. The number of nitrogens with one attached hydrogen (secondary N) is 1. The van der Waals surface area contributed by atoms with Gasteiger partial charge in [0.1, 0.15) is 19.0 Å². The van der Waals surface area contributed by atoms with Crippen LogP contribution in [0.5, 0.6) is 5.75 Å². The summed E-state index contributed by atoms with van der Waals surface area (Å²) in [6.07, 6.45) is 12.2. The maximum atomic E-state index is 12.3. The molecule has 0 saturated heterocycles. The number of benzene rings is 1. The Bertz CT molecular complexity index is 1050. The highest BCUT2D eigenvalue weighted by Crippen LogP contribution is 2.35. The minimum absolute atomic E-state index is 0.242. The van der Waals surface area contributed by atoms with Crippen LogP contribution in [-0.4, -0.2) is 48.5 Å². The van der Waals surface area contributed by atoms with Crippen molar-refractivity contribution >= 4 is 29.2 Å². The zero-order chi connectivity index (χ0) is 23.2. The highest BCUT2D eigenvalue weighted by Gasteiger charge is 2.31. The van der Waals surface area contributed by atoms with E-state index in [-0.39, 0.29) is 12.6 Å². The molecule has 1 unspecified atom stereocenters. The Kier molecular flexibility index (Phi) is 7.49. The molecule has 8 nitrogen and oxygen atoms in total. The second-order valence-corrected chi connectivity index (χ2v) is 8.12. The molecule has 1 aromatic rings. The largest absolute Gasteiger partial charge is 0.490 e. The zero-order valence-electron chi connectivity index (χ0n) is 18.4. The maximum absolute atomic E-state index is 12.3. The quantitative estimate of drug-likeness (QED) is 0.610. The monoisotopic (exact) mass is 470 g/mol. The Balaban J connectivity index is 1.80. The van der Waals surface area contributed by atoms with Crippen LogP contribution in [0.3, 0.4) is 0 Å². The summed E-state index contributed by atoms with van der Waals surface area (Å²) in [6.45, 7) is 0.617. The predicted octanol–water partition coefficient (Wildman–Crippen LogP) is 3.55. The fraction of sp³-hybridized carbons (Fsp3) is 0.333. The van der Waals surface area contributed by atoms with Gasteiger partial charge in [-0.25, -0.2) is 10.1 Å². The van der Waals surface area contributed by atoms with E-state index >= 15 is 0 Å². The summed E-state index contributed by atoms with van der Waals surface area (Å²) in [5.41, 5.74) is 3.01. The molecule has 0 fully saturated rings. The number of aliphatic hydroxyl groups excluding tert-OH is 1. The molecule has 0 saturated carbocycles. The summed E-state index contributed by atoms with van der Waals surface area (Å²) in [5.74, 6) is 0.858. The number of nitrogens with zero attached hydrogens (tertiary/aromatic N) is 3. The average molecular weight is 471 g/mol. The number of hydroxylamine groups is 2. The fourth-order valence-corrected chi connectivity index (χ4v) is 4.24. The summed E-state index contributed by atoms with van der Waals surface area (Å²) in [6, 6.07) is 5.63. The highest BCUT2D eigenvalue weighted by atomic mass is 35.5. The van der Waals surface area contributed by atoms with Gasteiger partial charge in [-0.05, 0) is 50.0 Å². The molecule has 0 spiro atoms. The Morgan fingerprint density at radius 3 is 2.88 bits per heavy atom. The third kappa shape index (κ3) is 5.30. The molecule has 1 aliphatic carbocycles. The number of aliphatic imine (C=N–C) groups is 1. The number of hydrogen-bond acceptors (Lipinski definition) is 7. The number of aliphatic hydroxyl groups is 1. The first-order chi connectivity index (χ1) is 16.1. The summed E-state index contributed by atoms with van der Waals surface area (Å²) in [7, 11) is 1.56. The second-order valence-electron chi connectivity index (χ2n) is 7.71. The number of amidine groups is 1. The Morgan fingerprint density at radius 2 is 2.03 bits per heavy atom. The van der Waals surface area contributed by atoms with E-state index in [1.165, 1.54) is 10.5 Å². The van der Waals surface area contributed by atoms with Gasteiger partial charge in [-0.2, -0.15) is 0 Å². The van der Waals surface area contributed by atoms with E-state index in [2.05, 4.69) is 10.3 Å². The van der Waals surface area contributed by atoms with Crippen LogP contribution in [0.1, 0.15) is 31.2 Å². The van der Waals surface area contributed by atoms with Gasteiger partial charge in [0.2, 0.25) is 5.91 Å². The van der Waals surface area contributed by atoms with Gasteiger partial charge >= 0.3 is 0 Å². The van der Waals surface area contributed by atoms with Gasteiger partial charge < -0.3 is 15.2 Å².